The number of rotatable bonds is 5. The second-order valence-electron chi connectivity index (χ2n) is 5.51. The van der Waals surface area contributed by atoms with E-state index in [9.17, 15) is 10.1 Å². The predicted molar refractivity (Wildman–Crippen MR) is 91.6 cm³/mol. The minimum atomic E-state index is -0.430. The molecule has 0 atom stereocenters. The average Bonchev–Trinajstić information content (AvgIpc) is 2.94. The zero-order valence-electron chi connectivity index (χ0n) is 13.4. The maximum absolute atomic E-state index is 10.9. The SMILES string of the molecule is Cc1cc(NCc2cn(C)nc2-c2ccccc2)ncc1[N+](=O)[O-]. The molecular formula is C17H17N5O2. The van der Waals surface area contributed by atoms with Gasteiger partial charge in [0.1, 0.15) is 12.0 Å². The number of nitrogens with zero attached hydrogens (tertiary/aromatic N) is 4. The molecule has 0 aliphatic carbocycles. The van der Waals surface area contributed by atoms with Gasteiger partial charge in [-0.25, -0.2) is 4.98 Å². The summed E-state index contributed by atoms with van der Waals surface area (Å²) in [5.41, 5.74) is 3.58. The maximum atomic E-state index is 10.9. The van der Waals surface area contributed by atoms with Crippen molar-refractivity contribution in [3.8, 4) is 11.3 Å². The van der Waals surface area contributed by atoms with E-state index >= 15 is 0 Å². The van der Waals surface area contributed by atoms with Crippen LogP contribution in [0.3, 0.4) is 0 Å². The molecule has 122 valence electrons. The molecule has 3 aromatic rings. The molecule has 0 aliphatic rings. The lowest BCUT2D eigenvalue weighted by Gasteiger charge is -2.07. The summed E-state index contributed by atoms with van der Waals surface area (Å²) in [5.74, 6) is 0.598. The summed E-state index contributed by atoms with van der Waals surface area (Å²) in [4.78, 5) is 14.5. The summed E-state index contributed by atoms with van der Waals surface area (Å²) >= 11 is 0. The van der Waals surface area contributed by atoms with Crippen LogP contribution in [-0.4, -0.2) is 19.7 Å². The molecule has 1 aromatic carbocycles. The fourth-order valence-electron chi connectivity index (χ4n) is 2.53. The summed E-state index contributed by atoms with van der Waals surface area (Å²) in [7, 11) is 1.88. The molecule has 0 aliphatic heterocycles. The lowest BCUT2D eigenvalue weighted by molar-refractivity contribution is -0.385. The van der Waals surface area contributed by atoms with Gasteiger partial charge in [0.25, 0.3) is 5.69 Å². The van der Waals surface area contributed by atoms with E-state index in [1.165, 1.54) is 6.20 Å². The molecule has 2 heterocycles. The molecule has 0 unspecified atom stereocenters. The Kier molecular flexibility index (Phi) is 4.24. The Morgan fingerprint density at radius 1 is 1.29 bits per heavy atom. The first-order chi connectivity index (χ1) is 11.5. The van der Waals surface area contributed by atoms with E-state index in [4.69, 9.17) is 0 Å². The van der Waals surface area contributed by atoms with Gasteiger partial charge in [-0.3, -0.25) is 14.8 Å². The maximum Gasteiger partial charge on any atom is 0.290 e. The highest BCUT2D eigenvalue weighted by atomic mass is 16.6. The van der Waals surface area contributed by atoms with E-state index in [0.29, 0.717) is 17.9 Å². The molecule has 24 heavy (non-hydrogen) atoms. The van der Waals surface area contributed by atoms with Crippen molar-refractivity contribution < 1.29 is 4.92 Å². The lowest BCUT2D eigenvalue weighted by Crippen LogP contribution is -2.03. The Balaban J connectivity index is 1.81. The normalized spacial score (nSPS) is 10.6. The Hall–Kier alpha value is -3.22. The fourth-order valence-corrected chi connectivity index (χ4v) is 2.53. The van der Waals surface area contributed by atoms with Gasteiger partial charge in [0.2, 0.25) is 0 Å². The second kappa shape index (κ2) is 6.49. The van der Waals surface area contributed by atoms with Crippen LogP contribution in [0.4, 0.5) is 11.5 Å². The van der Waals surface area contributed by atoms with Crippen molar-refractivity contribution in [2.24, 2.45) is 7.05 Å². The van der Waals surface area contributed by atoms with Gasteiger partial charge in [-0.1, -0.05) is 30.3 Å². The number of anilines is 1. The zero-order valence-corrected chi connectivity index (χ0v) is 13.4. The first kappa shape index (κ1) is 15.7. The molecule has 0 saturated carbocycles. The van der Waals surface area contributed by atoms with Crippen molar-refractivity contribution in [3.05, 3.63) is 70.0 Å². The molecular weight excluding hydrogens is 306 g/mol. The number of aryl methyl sites for hydroxylation is 2. The van der Waals surface area contributed by atoms with E-state index in [1.54, 1.807) is 17.7 Å². The quantitative estimate of drug-likeness (QED) is 0.575. The molecule has 0 spiro atoms. The molecule has 0 bridgehead atoms. The number of benzene rings is 1. The summed E-state index contributed by atoms with van der Waals surface area (Å²) in [5, 5.41) is 18.6. The van der Waals surface area contributed by atoms with Crippen LogP contribution in [0.15, 0.2) is 48.8 Å². The minimum Gasteiger partial charge on any atom is -0.366 e. The average molecular weight is 323 g/mol. The molecule has 7 heteroatoms. The van der Waals surface area contributed by atoms with Crippen molar-refractivity contribution >= 4 is 11.5 Å². The van der Waals surface area contributed by atoms with Gasteiger partial charge in [-0.2, -0.15) is 5.10 Å². The van der Waals surface area contributed by atoms with Crippen molar-refractivity contribution in [2.45, 2.75) is 13.5 Å². The van der Waals surface area contributed by atoms with Crippen LogP contribution >= 0.6 is 0 Å². The predicted octanol–water partition coefficient (Wildman–Crippen LogP) is 3.31. The molecule has 2 aromatic heterocycles. The molecule has 0 amide bonds. The number of pyridine rings is 1. The number of aromatic nitrogens is 3. The summed E-state index contributed by atoms with van der Waals surface area (Å²) in [6.07, 6.45) is 3.23. The molecule has 1 N–H and O–H groups in total. The summed E-state index contributed by atoms with van der Waals surface area (Å²) in [6.45, 7) is 2.23. The standard InChI is InChI=1S/C17H17N5O2/c1-12-8-16(19-10-15(12)22(23)24)18-9-14-11-21(2)20-17(14)13-6-4-3-5-7-13/h3-8,10-11H,9H2,1-2H3,(H,18,19). The third-order valence-electron chi connectivity index (χ3n) is 3.69. The zero-order chi connectivity index (χ0) is 17.1. The van der Waals surface area contributed by atoms with E-state index in [-0.39, 0.29) is 5.69 Å². The van der Waals surface area contributed by atoms with E-state index in [2.05, 4.69) is 15.4 Å². The molecule has 0 fully saturated rings. The Morgan fingerprint density at radius 3 is 2.71 bits per heavy atom. The first-order valence-electron chi connectivity index (χ1n) is 7.47. The van der Waals surface area contributed by atoms with Crippen molar-refractivity contribution in [1.29, 1.82) is 0 Å². The highest BCUT2D eigenvalue weighted by Gasteiger charge is 2.13. The highest BCUT2D eigenvalue weighted by molar-refractivity contribution is 5.63. The molecule has 3 rings (SSSR count). The van der Waals surface area contributed by atoms with E-state index in [1.807, 2.05) is 43.6 Å². The number of nitrogens with one attached hydrogen (secondary N) is 1. The lowest BCUT2D eigenvalue weighted by atomic mass is 10.1. The van der Waals surface area contributed by atoms with Crippen molar-refractivity contribution in [1.82, 2.24) is 14.8 Å². The van der Waals surface area contributed by atoms with Crippen molar-refractivity contribution in [2.75, 3.05) is 5.32 Å². The number of hydrogen-bond acceptors (Lipinski definition) is 5. The Labute approximate surface area is 139 Å². The molecule has 0 saturated heterocycles. The van der Waals surface area contributed by atoms with Gasteiger partial charge < -0.3 is 5.32 Å². The fraction of sp³-hybridized carbons (Fsp3) is 0.176. The van der Waals surface area contributed by atoms with Gasteiger partial charge >= 0.3 is 0 Å². The van der Waals surface area contributed by atoms with Gasteiger partial charge in [0.05, 0.1) is 10.6 Å². The van der Waals surface area contributed by atoms with Gasteiger partial charge in [-0.05, 0) is 13.0 Å². The second-order valence-corrected chi connectivity index (χ2v) is 5.51. The minimum absolute atomic E-state index is 0.0203. The summed E-state index contributed by atoms with van der Waals surface area (Å²) < 4.78 is 1.77. The first-order valence-corrected chi connectivity index (χ1v) is 7.47. The largest absolute Gasteiger partial charge is 0.366 e. The van der Waals surface area contributed by atoms with Gasteiger partial charge in [0.15, 0.2) is 0 Å². The third kappa shape index (κ3) is 3.24. The highest BCUT2D eigenvalue weighted by Crippen LogP contribution is 2.23. The Morgan fingerprint density at radius 2 is 2.04 bits per heavy atom. The molecule has 0 radical (unpaired) electrons. The van der Waals surface area contributed by atoms with Crippen LogP contribution in [-0.2, 0) is 13.6 Å². The topological polar surface area (TPSA) is 85.9 Å². The smallest absolute Gasteiger partial charge is 0.290 e. The Bertz CT molecular complexity index is 874. The summed E-state index contributed by atoms with van der Waals surface area (Å²) in [6, 6.07) is 11.6. The van der Waals surface area contributed by atoms with Crippen LogP contribution in [0, 0.1) is 17.0 Å². The van der Waals surface area contributed by atoms with Crippen LogP contribution in [0.5, 0.6) is 0 Å². The number of nitro groups is 1. The van der Waals surface area contributed by atoms with Gasteiger partial charge in [-0.15, -0.1) is 0 Å². The third-order valence-corrected chi connectivity index (χ3v) is 3.69. The number of hydrogen-bond donors (Lipinski definition) is 1. The van der Waals surface area contributed by atoms with Gasteiger partial charge in [0, 0.05) is 36.5 Å². The van der Waals surface area contributed by atoms with Crippen LogP contribution in [0.25, 0.3) is 11.3 Å². The van der Waals surface area contributed by atoms with Crippen LogP contribution in [0.1, 0.15) is 11.1 Å². The monoisotopic (exact) mass is 323 g/mol. The molecule has 7 nitrogen and oxygen atoms in total. The van der Waals surface area contributed by atoms with E-state index in [0.717, 1.165) is 16.8 Å². The van der Waals surface area contributed by atoms with Crippen LogP contribution < -0.4 is 5.32 Å². The van der Waals surface area contributed by atoms with E-state index < -0.39 is 4.92 Å². The van der Waals surface area contributed by atoms with Crippen LogP contribution in [0.2, 0.25) is 0 Å². The van der Waals surface area contributed by atoms with Crippen molar-refractivity contribution in [3.63, 3.8) is 0 Å².